The van der Waals surface area contributed by atoms with E-state index >= 15 is 0 Å². The topological polar surface area (TPSA) is 87.2 Å². The Hall–Kier alpha value is -1.70. The summed E-state index contributed by atoms with van der Waals surface area (Å²) in [6, 6.07) is -0.160. The summed E-state index contributed by atoms with van der Waals surface area (Å²) in [5.74, 6) is 0.232. The zero-order valence-corrected chi connectivity index (χ0v) is 14.9. The summed E-state index contributed by atoms with van der Waals surface area (Å²) in [4.78, 5) is 26.8. The van der Waals surface area contributed by atoms with Crippen molar-refractivity contribution >= 4 is 23.5 Å². The zero-order valence-electron chi connectivity index (χ0n) is 14.1. The van der Waals surface area contributed by atoms with Gasteiger partial charge in [0.1, 0.15) is 4.88 Å². The second kappa shape index (κ2) is 7.25. The Balaban J connectivity index is 1.90. The van der Waals surface area contributed by atoms with Gasteiger partial charge in [0.2, 0.25) is 0 Å². The first-order valence-corrected chi connectivity index (χ1v) is 8.69. The zero-order chi connectivity index (χ0) is 17.0. The average molecular weight is 339 g/mol. The van der Waals surface area contributed by atoms with Gasteiger partial charge in [-0.1, -0.05) is 4.49 Å². The van der Waals surface area contributed by atoms with Gasteiger partial charge in [-0.25, -0.2) is 4.79 Å². The maximum absolute atomic E-state index is 12.4. The Morgan fingerprint density at radius 3 is 2.78 bits per heavy atom. The van der Waals surface area contributed by atoms with Crippen LogP contribution in [0.4, 0.5) is 4.79 Å². The molecule has 0 aliphatic carbocycles. The Morgan fingerprint density at radius 1 is 1.43 bits per heavy atom. The van der Waals surface area contributed by atoms with E-state index in [1.165, 1.54) is 6.20 Å². The van der Waals surface area contributed by atoms with E-state index in [4.69, 9.17) is 0 Å². The lowest BCUT2D eigenvalue weighted by atomic mass is 9.91. The lowest BCUT2D eigenvalue weighted by Gasteiger charge is -2.36. The molecule has 8 heteroatoms. The molecule has 0 spiro atoms. The highest BCUT2D eigenvalue weighted by molar-refractivity contribution is 7.07. The maximum Gasteiger partial charge on any atom is 0.315 e. The molecular formula is C15H25N5O2S. The number of nitrogens with one attached hydrogen (secondary N) is 2. The number of rotatable bonds is 3. The number of carbonyl (C=O) groups excluding carboxylic acids is 2. The summed E-state index contributed by atoms with van der Waals surface area (Å²) < 4.78 is 3.74. The molecule has 1 aliphatic heterocycles. The Morgan fingerprint density at radius 2 is 2.17 bits per heavy atom. The molecule has 2 rings (SSSR count). The average Bonchev–Trinajstić information content (AvgIpc) is 2.98. The van der Waals surface area contributed by atoms with Gasteiger partial charge in [0.15, 0.2) is 0 Å². The monoisotopic (exact) mass is 339 g/mol. The first-order chi connectivity index (χ1) is 10.8. The van der Waals surface area contributed by atoms with Crippen molar-refractivity contribution in [3.05, 3.63) is 11.1 Å². The first kappa shape index (κ1) is 17.7. The van der Waals surface area contributed by atoms with Crippen LogP contribution in [0.1, 0.15) is 50.2 Å². The summed E-state index contributed by atoms with van der Waals surface area (Å²) in [5.41, 5.74) is -0.266. The van der Waals surface area contributed by atoms with E-state index in [2.05, 4.69) is 20.2 Å². The fourth-order valence-electron chi connectivity index (χ4n) is 2.72. The van der Waals surface area contributed by atoms with Gasteiger partial charge in [0.25, 0.3) is 5.91 Å². The van der Waals surface area contributed by atoms with Crippen LogP contribution in [-0.2, 0) is 0 Å². The van der Waals surface area contributed by atoms with E-state index < -0.39 is 0 Å². The van der Waals surface area contributed by atoms with Crippen LogP contribution < -0.4 is 10.6 Å². The number of hydrogen-bond acceptors (Lipinski definition) is 5. The molecule has 128 valence electrons. The molecule has 1 aromatic heterocycles. The lowest BCUT2D eigenvalue weighted by Crippen LogP contribution is -2.53. The fraction of sp³-hybridized carbons (Fsp3) is 0.733. The van der Waals surface area contributed by atoms with Crippen molar-refractivity contribution in [2.24, 2.45) is 5.92 Å². The fourth-order valence-corrected chi connectivity index (χ4v) is 3.20. The molecule has 2 heterocycles. The minimum absolute atomic E-state index is 0.00698. The highest BCUT2D eigenvalue weighted by Gasteiger charge is 2.29. The molecule has 1 saturated heterocycles. The molecule has 1 aliphatic rings. The van der Waals surface area contributed by atoms with Crippen molar-refractivity contribution in [3.8, 4) is 0 Å². The summed E-state index contributed by atoms with van der Waals surface area (Å²) in [5, 5.41) is 9.61. The maximum atomic E-state index is 12.4. The van der Waals surface area contributed by atoms with Crippen LogP contribution in [0.2, 0.25) is 0 Å². The van der Waals surface area contributed by atoms with Crippen molar-refractivity contribution in [2.75, 3.05) is 13.1 Å². The molecule has 0 saturated carbocycles. The first-order valence-electron chi connectivity index (χ1n) is 7.91. The second-order valence-corrected chi connectivity index (χ2v) is 7.86. The predicted molar refractivity (Wildman–Crippen MR) is 89.4 cm³/mol. The Labute approximate surface area is 141 Å². The predicted octanol–water partition coefficient (Wildman–Crippen LogP) is 1.88. The van der Waals surface area contributed by atoms with Gasteiger partial charge in [-0.15, -0.1) is 5.10 Å². The van der Waals surface area contributed by atoms with Gasteiger partial charge in [0, 0.05) is 24.7 Å². The SMILES string of the molecule is C[C@@H](NC(=O)NC(C)(C)C)[C@@H]1CCCN(C(=O)c2cnns2)C1. The third-order valence-corrected chi connectivity index (χ3v) is 4.52. The number of carbonyl (C=O) groups is 2. The van der Waals surface area contributed by atoms with Crippen molar-refractivity contribution in [2.45, 2.75) is 52.1 Å². The molecule has 2 atom stereocenters. The van der Waals surface area contributed by atoms with Gasteiger partial charge >= 0.3 is 6.03 Å². The van der Waals surface area contributed by atoms with Crippen LogP contribution in [0.25, 0.3) is 0 Å². The number of urea groups is 1. The molecule has 7 nitrogen and oxygen atoms in total. The van der Waals surface area contributed by atoms with E-state index in [0.717, 1.165) is 30.9 Å². The van der Waals surface area contributed by atoms with Gasteiger partial charge in [-0.3, -0.25) is 4.79 Å². The third kappa shape index (κ3) is 5.16. The smallest absolute Gasteiger partial charge is 0.315 e. The number of amides is 3. The highest BCUT2D eigenvalue weighted by Crippen LogP contribution is 2.22. The standard InChI is InChI=1S/C15H25N5O2S/c1-10(17-14(22)18-15(2,3)4)11-6-5-7-20(9-11)13(21)12-8-16-19-23-12/h8,10-11H,5-7,9H2,1-4H3,(H2,17,18,22)/t10-,11-/m1/s1. The van der Waals surface area contributed by atoms with Crippen LogP contribution in [0, 0.1) is 5.92 Å². The summed E-state index contributed by atoms with van der Waals surface area (Å²) >= 11 is 1.12. The largest absolute Gasteiger partial charge is 0.337 e. The third-order valence-electron chi connectivity index (χ3n) is 3.87. The molecule has 23 heavy (non-hydrogen) atoms. The van der Waals surface area contributed by atoms with Crippen LogP contribution in [0.5, 0.6) is 0 Å². The van der Waals surface area contributed by atoms with Gasteiger partial charge in [0.05, 0.1) is 6.20 Å². The van der Waals surface area contributed by atoms with Crippen LogP contribution >= 0.6 is 11.5 Å². The quantitative estimate of drug-likeness (QED) is 0.880. The Bertz CT molecular complexity index is 541. The van der Waals surface area contributed by atoms with Crippen molar-refractivity contribution in [1.82, 2.24) is 25.1 Å². The van der Waals surface area contributed by atoms with E-state index in [-0.39, 0.29) is 29.4 Å². The van der Waals surface area contributed by atoms with E-state index in [1.807, 2.05) is 32.6 Å². The summed E-state index contributed by atoms with van der Waals surface area (Å²) in [6.07, 6.45) is 3.45. The number of nitrogens with zero attached hydrogens (tertiary/aromatic N) is 3. The van der Waals surface area contributed by atoms with Crippen molar-refractivity contribution < 1.29 is 9.59 Å². The van der Waals surface area contributed by atoms with Gasteiger partial charge < -0.3 is 15.5 Å². The highest BCUT2D eigenvalue weighted by atomic mass is 32.1. The number of aromatic nitrogens is 2. The minimum Gasteiger partial charge on any atom is -0.337 e. The molecule has 1 aromatic rings. The van der Waals surface area contributed by atoms with Crippen molar-refractivity contribution in [3.63, 3.8) is 0 Å². The molecule has 0 aromatic carbocycles. The molecular weight excluding hydrogens is 314 g/mol. The van der Waals surface area contributed by atoms with E-state index in [9.17, 15) is 9.59 Å². The van der Waals surface area contributed by atoms with Crippen LogP contribution in [0.3, 0.4) is 0 Å². The van der Waals surface area contributed by atoms with E-state index in [1.54, 1.807) is 0 Å². The lowest BCUT2D eigenvalue weighted by molar-refractivity contribution is 0.0658. The molecule has 0 bridgehead atoms. The summed E-state index contributed by atoms with van der Waals surface area (Å²) in [6.45, 7) is 9.22. The normalized spacial score (nSPS) is 20.0. The molecule has 0 radical (unpaired) electrons. The molecule has 3 amide bonds. The molecule has 1 fully saturated rings. The number of likely N-dealkylation sites (tertiary alicyclic amines) is 1. The minimum atomic E-state index is -0.266. The summed E-state index contributed by atoms with van der Waals surface area (Å²) in [7, 11) is 0. The number of piperidine rings is 1. The molecule has 0 unspecified atom stereocenters. The van der Waals surface area contributed by atoms with Gasteiger partial charge in [-0.2, -0.15) is 0 Å². The number of hydrogen-bond donors (Lipinski definition) is 2. The van der Waals surface area contributed by atoms with Crippen molar-refractivity contribution in [1.29, 1.82) is 0 Å². The Kier molecular flexibility index (Phi) is 5.56. The van der Waals surface area contributed by atoms with Crippen LogP contribution in [-0.4, -0.2) is 51.1 Å². The van der Waals surface area contributed by atoms with Gasteiger partial charge in [-0.05, 0) is 58.0 Å². The second-order valence-electron chi connectivity index (χ2n) is 7.07. The van der Waals surface area contributed by atoms with Crippen LogP contribution in [0.15, 0.2) is 6.20 Å². The van der Waals surface area contributed by atoms with E-state index in [0.29, 0.717) is 11.4 Å². The molecule has 2 N–H and O–H groups in total.